The molecule has 0 radical (unpaired) electrons. The lowest BCUT2D eigenvalue weighted by Crippen LogP contribution is -2.23. The first-order valence-corrected chi connectivity index (χ1v) is 7.33. The number of hydrogen-bond donors (Lipinski definition) is 1. The smallest absolute Gasteiger partial charge is 0.248 e. The van der Waals surface area contributed by atoms with Crippen molar-refractivity contribution >= 4 is 17.8 Å². The van der Waals surface area contributed by atoms with E-state index in [-0.39, 0.29) is 18.8 Å². The van der Waals surface area contributed by atoms with Gasteiger partial charge in [0.2, 0.25) is 11.8 Å². The second-order valence-electron chi connectivity index (χ2n) is 5.51. The lowest BCUT2D eigenvalue weighted by atomic mass is 9.86. The summed E-state index contributed by atoms with van der Waals surface area (Å²) in [4.78, 5) is 15.3. The van der Waals surface area contributed by atoms with E-state index in [9.17, 15) is 13.6 Å². The Morgan fingerprint density at radius 2 is 2.17 bits per heavy atom. The molecule has 0 atom stereocenters. The highest BCUT2D eigenvalue weighted by Gasteiger charge is 2.33. The Balaban J connectivity index is 2.13. The number of allylic oxidation sites excluding steroid dienone is 1. The first kappa shape index (κ1) is 16.8. The minimum Gasteiger partial charge on any atom is -0.307 e. The Kier molecular flexibility index (Phi) is 5.22. The van der Waals surface area contributed by atoms with Crippen LogP contribution < -0.4 is 5.32 Å². The SMILES string of the molecule is C=CC(=O)Nc1cc(C=CC2CCC(F)(F)CC2)c(C#N)cn1. The van der Waals surface area contributed by atoms with Crippen LogP contribution in [-0.4, -0.2) is 16.8 Å². The Morgan fingerprint density at radius 3 is 2.78 bits per heavy atom. The molecule has 6 heteroatoms. The van der Waals surface area contributed by atoms with E-state index >= 15 is 0 Å². The van der Waals surface area contributed by atoms with Gasteiger partial charge in [-0.1, -0.05) is 18.7 Å². The molecule has 4 nitrogen and oxygen atoms in total. The first-order valence-electron chi connectivity index (χ1n) is 7.33. The zero-order valence-corrected chi connectivity index (χ0v) is 12.6. The number of nitriles is 1. The van der Waals surface area contributed by atoms with E-state index in [0.717, 1.165) is 6.08 Å². The average Bonchev–Trinajstić information content (AvgIpc) is 2.54. The van der Waals surface area contributed by atoms with Gasteiger partial charge in [0, 0.05) is 19.0 Å². The zero-order chi connectivity index (χ0) is 16.9. The quantitative estimate of drug-likeness (QED) is 0.856. The molecule has 1 aliphatic rings. The molecule has 1 amide bonds. The van der Waals surface area contributed by atoms with Gasteiger partial charge in [0.25, 0.3) is 0 Å². The Morgan fingerprint density at radius 1 is 1.48 bits per heavy atom. The standard InChI is InChI=1S/C17H17F2N3O/c1-2-16(23)22-15-9-13(14(10-20)11-21-15)4-3-12-5-7-17(18,19)8-6-12/h2-4,9,11-12H,1,5-8H2,(H,21,22,23). The molecule has 0 aliphatic heterocycles. The van der Waals surface area contributed by atoms with Crippen LogP contribution in [0, 0.1) is 17.2 Å². The third kappa shape index (κ3) is 4.71. The third-order valence-electron chi connectivity index (χ3n) is 3.80. The number of hydrogen-bond acceptors (Lipinski definition) is 3. The Labute approximate surface area is 133 Å². The molecule has 1 aromatic rings. The second-order valence-corrected chi connectivity index (χ2v) is 5.51. The molecule has 1 N–H and O–H groups in total. The van der Waals surface area contributed by atoms with Crippen molar-refractivity contribution in [1.82, 2.24) is 4.98 Å². The van der Waals surface area contributed by atoms with Crippen LogP contribution in [0.5, 0.6) is 0 Å². The third-order valence-corrected chi connectivity index (χ3v) is 3.80. The van der Waals surface area contributed by atoms with Gasteiger partial charge < -0.3 is 5.32 Å². The van der Waals surface area contributed by atoms with Crippen LogP contribution in [0.2, 0.25) is 0 Å². The minimum absolute atomic E-state index is 0.0700. The molecule has 0 saturated heterocycles. The van der Waals surface area contributed by atoms with Crippen molar-refractivity contribution in [3.8, 4) is 6.07 Å². The molecular formula is C17H17F2N3O. The van der Waals surface area contributed by atoms with Gasteiger partial charge in [0.05, 0.1) is 5.56 Å². The van der Waals surface area contributed by atoms with Crippen LogP contribution in [0.25, 0.3) is 6.08 Å². The number of pyridine rings is 1. The van der Waals surface area contributed by atoms with Gasteiger partial charge >= 0.3 is 0 Å². The van der Waals surface area contributed by atoms with Crippen molar-refractivity contribution in [1.29, 1.82) is 5.26 Å². The van der Waals surface area contributed by atoms with Crippen LogP contribution >= 0.6 is 0 Å². The van der Waals surface area contributed by atoms with Crippen molar-refractivity contribution in [3.63, 3.8) is 0 Å². The lowest BCUT2D eigenvalue weighted by Gasteiger charge is -2.26. The molecule has 0 bridgehead atoms. The summed E-state index contributed by atoms with van der Waals surface area (Å²) in [5, 5.41) is 11.6. The van der Waals surface area contributed by atoms with Crippen molar-refractivity contribution in [2.45, 2.75) is 31.6 Å². The highest BCUT2D eigenvalue weighted by atomic mass is 19.3. The van der Waals surface area contributed by atoms with E-state index in [4.69, 9.17) is 5.26 Å². The number of alkyl halides is 2. The summed E-state index contributed by atoms with van der Waals surface area (Å²) in [6, 6.07) is 3.60. The molecule has 23 heavy (non-hydrogen) atoms. The predicted octanol–water partition coefficient (Wildman–Crippen LogP) is 3.92. The first-order chi connectivity index (χ1) is 10.9. The summed E-state index contributed by atoms with van der Waals surface area (Å²) < 4.78 is 26.3. The van der Waals surface area contributed by atoms with Crippen molar-refractivity contribution in [2.75, 3.05) is 5.32 Å². The Bertz CT molecular complexity index is 667. The maximum absolute atomic E-state index is 13.1. The van der Waals surface area contributed by atoms with Crippen LogP contribution in [0.4, 0.5) is 14.6 Å². The summed E-state index contributed by atoms with van der Waals surface area (Å²) in [5.74, 6) is -2.57. The van der Waals surface area contributed by atoms with Gasteiger partial charge in [-0.25, -0.2) is 13.8 Å². The van der Waals surface area contributed by atoms with Gasteiger partial charge in [-0.05, 0) is 36.5 Å². The number of rotatable bonds is 4. The fourth-order valence-electron chi connectivity index (χ4n) is 2.44. The number of carbonyl (C=O) groups is 1. The molecule has 1 aliphatic carbocycles. The molecule has 0 aromatic carbocycles. The molecule has 1 saturated carbocycles. The number of anilines is 1. The van der Waals surface area contributed by atoms with Crippen molar-refractivity contribution < 1.29 is 13.6 Å². The summed E-state index contributed by atoms with van der Waals surface area (Å²) in [7, 11) is 0. The van der Waals surface area contributed by atoms with Crippen LogP contribution in [0.15, 0.2) is 31.0 Å². The maximum Gasteiger partial charge on any atom is 0.248 e. The highest BCUT2D eigenvalue weighted by Crippen LogP contribution is 2.36. The summed E-state index contributed by atoms with van der Waals surface area (Å²) in [5.41, 5.74) is 0.957. The highest BCUT2D eigenvalue weighted by molar-refractivity contribution is 5.98. The summed E-state index contributed by atoms with van der Waals surface area (Å²) >= 11 is 0. The molecule has 1 fully saturated rings. The van der Waals surface area contributed by atoms with E-state index in [0.29, 0.717) is 29.8 Å². The van der Waals surface area contributed by atoms with Crippen LogP contribution in [0.3, 0.4) is 0 Å². The number of halogens is 2. The van der Waals surface area contributed by atoms with Gasteiger partial charge in [0.15, 0.2) is 0 Å². The van der Waals surface area contributed by atoms with E-state index in [1.165, 1.54) is 6.20 Å². The van der Waals surface area contributed by atoms with Gasteiger partial charge in [0.1, 0.15) is 11.9 Å². The van der Waals surface area contributed by atoms with E-state index in [1.807, 2.05) is 12.1 Å². The molecule has 0 unspecified atom stereocenters. The molecule has 120 valence electrons. The predicted molar refractivity (Wildman–Crippen MR) is 83.7 cm³/mol. The van der Waals surface area contributed by atoms with E-state index < -0.39 is 11.8 Å². The maximum atomic E-state index is 13.1. The normalized spacial score (nSPS) is 17.6. The minimum atomic E-state index is -2.55. The average molecular weight is 317 g/mol. The lowest BCUT2D eigenvalue weighted by molar-refractivity contribution is -0.111. The number of carbonyl (C=O) groups excluding carboxylic acids is 1. The molecule has 1 heterocycles. The number of nitrogens with one attached hydrogen (secondary N) is 1. The zero-order valence-electron chi connectivity index (χ0n) is 12.6. The Hall–Kier alpha value is -2.55. The van der Waals surface area contributed by atoms with Crippen LogP contribution in [0.1, 0.15) is 36.8 Å². The molecule has 0 spiro atoms. The van der Waals surface area contributed by atoms with Gasteiger partial charge in [-0.3, -0.25) is 4.79 Å². The van der Waals surface area contributed by atoms with Crippen molar-refractivity contribution in [3.05, 3.63) is 42.1 Å². The van der Waals surface area contributed by atoms with Gasteiger partial charge in [-0.2, -0.15) is 5.26 Å². The largest absolute Gasteiger partial charge is 0.307 e. The van der Waals surface area contributed by atoms with Crippen molar-refractivity contribution in [2.24, 2.45) is 5.92 Å². The summed E-state index contributed by atoms with van der Waals surface area (Å²) in [6.45, 7) is 3.35. The second kappa shape index (κ2) is 7.14. The topological polar surface area (TPSA) is 65.8 Å². The molecular weight excluding hydrogens is 300 g/mol. The van der Waals surface area contributed by atoms with Crippen LogP contribution in [-0.2, 0) is 4.79 Å². The number of amides is 1. The molecule has 1 aromatic heterocycles. The summed E-state index contributed by atoms with van der Waals surface area (Å²) in [6.07, 6.45) is 6.72. The fourth-order valence-corrected chi connectivity index (χ4v) is 2.44. The molecule has 2 rings (SSSR count). The monoisotopic (exact) mass is 317 g/mol. The number of aromatic nitrogens is 1. The number of nitrogens with zero attached hydrogens (tertiary/aromatic N) is 2. The fraction of sp³-hybridized carbons (Fsp3) is 0.353. The van der Waals surface area contributed by atoms with E-state index in [1.54, 1.807) is 12.1 Å². The van der Waals surface area contributed by atoms with E-state index in [2.05, 4.69) is 16.9 Å². The van der Waals surface area contributed by atoms with Gasteiger partial charge in [-0.15, -0.1) is 0 Å².